The number of hydrogen-bond donors (Lipinski definition) is 0. The molecule has 1 unspecified atom stereocenters. The SMILES string of the molecule is Cc1cc2c(cc1C)C(c1ccccc1)CC2.[H-].[Li+]. The first-order chi connectivity index (χ1) is 8.25. The Bertz CT molecular complexity index is 549. The minimum Gasteiger partial charge on any atom is -1.00 e. The van der Waals surface area contributed by atoms with E-state index < -0.39 is 0 Å². The smallest absolute Gasteiger partial charge is 1.00 e. The van der Waals surface area contributed by atoms with Crippen LogP contribution in [0.5, 0.6) is 0 Å². The van der Waals surface area contributed by atoms with Gasteiger partial charge in [0.1, 0.15) is 0 Å². The second-order valence-electron chi connectivity index (χ2n) is 5.14. The molecule has 0 N–H and O–H groups in total. The Labute approximate surface area is 123 Å². The molecule has 3 rings (SSSR count). The van der Waals surface area contributed by atoms with Gasteiger partial charge in [0, 0.05) is 5.92 Å². The van der Waals surface area contributed by atoms with Gasteiger partial charge in [-0.05, 0) is 54.5 Å². The van der Waals surface area contributed by atoms with Crippen molar-refractivity contribution >= 4 is 0 Å². The summed E-state index contributed by atoms with van der Waals surface area (Å²) >= 11 is 0. The van der Waals surface area contributed by atoms with E-state index in [2.05, 4.69) is 56.3 Å². The first-order valence-electron chi connectivity index (χ1n) is 6.40. The minimum atomic E-state index is 0. The zero-order chi connectivity index (χ0) is 11.8. The molecule has 18 heavy (non-hydrogen) atoms. The third-order valence-corrected chi connectivity index (χ3v) is 4.04. The molecule has 0 aromatic heterocycles. The zero-order valence-electron chi connectivity index (χ0n) is 12.5. The molecule has 1 aliphatic rings. The molecule has 1 atom stereocenters. The standard InChI is InChI=1S/C17H18.Li.H/c1-12-10-15-8-9-16(17(15)11-13(12)2)14-6-4-3-5-7-14;;/h3-7,10-11,16H,8-9H2,1-2H3;;/q;+1;-1. The van der Waals surface area contributed by atoms with Crippen LogP contribution in [0.4, 0.5) is 0 Å². The normalized spacial score (nSPS) is 17.1. The van der Waals surface area contributed by atoms with E-state index in [1.165, 1.54) is 29.5 Å². The first kappa shape index (κ1) is 13.5. The molecule has 0 radical (unpaired) electrons. The van der Waals surface area contributed by atoms with Crippen molar-refractivity contribution in [3.8, 4) is 0 Å². The molecule has 0 saturated heterocycles. The minimum absolute atomic E-state index is 0. The predicted octanol–water partition coefficient (Wildman–Crippen LogP) is 1.50. The number of benzene rings is 2. The summed E-state index contributed by atoms with van der Waals surface area (Å²) in [6.07, 6.45) is 2.50. The van der Waals surface area contributed by atoms with Gasteiger partial charge >= 0.3 is 18.9 Å². The van der Waals surface area contributed by atoms with Crippen LogP contribution in [0.2, 0.25) is 0 Å². The van der Waals surface area contributed by atoms with Crippen LogP contribution in [0, 0.1) is 13.8 Å². The summed E-state index contributed by atoms with van der Waals surface area (Å²) in [6, 6.07) is 15.7. The van der Waals surface area contributed by atoms with Gasteiger partial charge in [0.25, 0.3) is 0 Å². The van der Waals surface area contributed by atoms with Gasteiger partial charge in [0.05, 0.1) is 0 Å². The Hall–Kier alpha value is -0.963. The third-order valence-electron chi connectivity index (χ3n) is 4.04. The third kappa shape index (κ3) is 2.28. The van der Waals surface area contributed by atoms with E-state index >= 15 is 0 Å². The van der Waals surface area contributed by atoms with Crippen LogP contribution in [0.25, 0.3) is 0 Å². The van der Waals surface area contributed by atoms with Crippen LogP contribution in [0.15, 0.2) is 42.5 Å². The van der Waals surface area contributed by atoms with Gasteiger partial charge in [-0.3, -0.25) is 0 Å². The van der Waals surface area contributed by atoms with Crippen molar-refractivity contribution in [2.24, 2.45) is 0 Å². The van der Waals surface area contributed by atoms with Crippen molar-refractivity contribution in [2.45, 2.75) is 32.6 Å². The summed E-state index contributed by atoms with van der Waals surface area (Å²) in [4.78, 5) is 0. The molecular formula is C17H19Li. The van der Waals surface area contributed by atoms with E-state index in [9.17, 15) is 0 Å². The van der Waals surface area contributed by atoms with Crippen LogP contribution in [0.1, 0.15) is 41.6 Å². The fourth-order valence-corrected chi connectivity index (χ4v) is 2.93. The molecule has 0 amide bonds. The molecule has 1 aliphatic carbocycles. The molecule has 0 saturated carbocycles. The van der Waals surface area contributed by atoms with Crippen molar-refractivity contribution < 1.29 is 20.3 Å². The summed E-state index contributed by atoms with van der Waals surface area (Å²) < 4.78 is 0. The Morgan fingerprint density at radius 2 is 1.67 bits per heavy atom. The van der Waals surface area contributed by atoms with E-state index in [1.54, 1.807) is 11.1 Å². The summed E-state index contributed by atoms with van der Waals surface area (Å²) in [5, 5.41) is 0. The molecule has 88 valence electrons. The fourth-order valence-electron chi connectivity index (χ4n) is 2.93. The summed E-state index contributed by atoms with van der Waals surface area (Å²) in [5.74, 6) is 0.616. The first-order valence-corrected chi connectivity index (χ1v) is 6.40. The summed E-state index contributed by atoms with van der Waals surface area (Å²) in [5.41, 5.74) is 7.43. The van der Waals surface area contributed by atoms with Gasteiger partial charge in [-0.25, -0.2) is 0 Å². The molecule has 0 fully saturated rings. The van der Waals surface area contributed by atoms with Gasteiger partial charge in [-0.1, -0.05) is 42.5 Å². The molecule has 2 aromatic rings. The molecule has 2 aromatic carbocycles. The number of hydrogen-bond acceptors (Lipinski definition) is 0. The molecule has 1 heteroatoms. The van der Waals surface area contributed by atoms with Crippen molar-refractivity contribution in [3.05, 3.63) is 70.3 Å². The summed E-state index contributed by atoms with van der Waals surface area (Å²) in [7, 11) is 0. The van der Waals surface area contributed by atoms with Crippen LogP contribution in [-0.2, 0) is 6.42 Å². The molecule has 0 bridgehead atoms. The number of rotatable bonds is 1. The Kier molecular flexibility index (Phi) is 4.00. The molecule has 0 heterocycles. The molecule has 0 spiro atoms. The zero-order valence-corrected chi connectivity index (χ0v) is 11.5. The van der Waals surface area contributed by atoms with Crippen molar-refractivity contribution in [3.63, 3.8) is 0 Å². The molecule has 0 nitrogen and oxygen atoms in total. The second-order valence-corrected chi connectivity index (χ2v) is 5.14. The van der Waals surface area contributed by atoms with Gasteiger partial charge < -0.3 is 1.43 Å². The van der Waals surface area contributed by atoms with Gasteiger partial charge in [-0.15, -0.1) is 0 Å². The van der Waals surface area contributed by atoms with Gasteiger partial charge in [-0.2, -0.15) is 0 Å². The van der Waals surface area contributed by atoms with E-state index in [0.717, 1.165) is 0 Å². The van der Waals surface area contributed by atoms with Crippen LogP contribution < -0.4 is 18.9 Å². The molecule has 0 aliphatic heterocycles. The number of aryl methyl sites for hydroxylation is 3. The monoisotopic (exact) mass is 230 g/mol. The predicted molar refractivity (Wildman–Crippen MR) is 73.6 cm³/mol. The Balaban J connectivity index is 0.000000902. The van der Waals surface area contributed by atoms with Crippen LogP contribution in [-0.4, -0.2) is 0 Å². The second kappa shape index (κ2) is 5.35. The van der Waals surface area contributed by atoms with E-state index in [0.29, 0.717) is 5.92 Å². The maximum absolute atomic E-state index is 2.40. The summed E-state index contributed by atoms with van der Waals surface area (Å²) in [6.45, 7) is 4.43. The Morgan fingerprint density at radius 1 is 1.00 bits per heavy atom. The van der Waals surface area contributed by atoms with Gasteiger partial charge in [0.15, 0.2) is 0 Å². The molecular weight excluding hydrogens is 211 g/mol. The topological polar surface area (TPSA) is 0 Å². The average molecular weight is 230 g/mol. The maximum Gasteiger partial charge on any atom is 1.00 e. The average Bonchev–Trinajstić information content (AvgIpc) is 2.74. The van der Waals surface area contributed by atoms with Crippen molar-refractivity contribution in [1.82, 2.24) is 0 Å². The number of fused-ring (bicyclic) bond motifs is 1. The van der Waals surface area contributed by atoms with E-state index in [4.69, 9.17) is 0 Å². The fraction of sp³-hybridized carbons (Fsp3) is 0.294. The van der Waals surface area contributed by atoms with E-state index in [-0.39, 0.29) is 20.3 Å². The van der Waals surface area contributed by atoms with Crippen molar-refractivity contribution in [1.29, 1.82) is 0 Å². The van der Waals surface area contributed by atoms with E-state index in [1.807, 2.05) is 0 Å². The van der Waals surface area contributed by atoms with Gasteiger partial charge in [0.2, 0.25) is 0 Å². The largest absolute Gasteiger partial charge is 1.00 e. The van der Waals surface area contributed by atoms with Crippen molar-refractivity contribution in [2.75, 3.05) is 0 Å². The quantitative estimate of drug-likeness (QED) is 0.651. The maximum atomic E-state index is 2.40. The van der Waals surface area contributed by atoms with Crippen LogP contribution >= 0.6 is 0 Å². The Morgan fingerprint density at radius 3 is 2.39 bits per heavy atom. The van der Waals surface area contributed by atoms with Crippen LogP contribution in [0.3, 0.4) is 0 Å².